The topological polar surface area (TPSA) is 0 Å². The maximum Gasteiger partial charge on any atom is 0.145 e. The molecule has 0 radical (unpaired) electrons. The zero-order chi connectivity index (χ0) is 5.65. The maximum atomic E-state index is 12.2. The summed E-state index contributed by atoms with van der Waals surface area (Å²) < 4.78 is 24.1. The monoisotopic (exact) mass is 106 g/mol. The van der Waals surface area contributed by atoms with E-state index in [1.54, 1.807) is 6.92 Å². The second kappa shape index (κ2) is 0.984. The number of halogens is 2. The van der Waals surface area contributed by atoms with Crippen molar-refractivity contribution in [3.8, 4) is 0 Å². The van der Waals surface area contributed by atoms with E-state index in [1.165, 1.54) is 6.92 Å². The summed E-state index contributed by atoms with van der Waals surface area (Å²) in [6.45, 7) is 2.87. The van der Waals surface area contributed by atoms with Crippen molar-refractivity contribution in [3.05, 3.63) is 0 Å². The molecule has 0 N–H and O–H groups in total. The fourth-order valence-corrected chi connectivity index (χ4v) is 0.627. The van der Waals surface area contributed by atoms with Crippen molar-refractivity contribution in [3.63, 3.8) is 0 Å². The van der Waals surface area contributed by atoms with Gasteiger partial charge in [0.15, 0.2) is 0 Å². The Kier molecular flexibility index (Phi) is 0.704. The van der Waals surface area contributed by atoms with Gasteiger partial charge in [0.1, 0.15) is 11.8 Å². The zero-order valence-corrected chi connectivity index (χ0v) is 4.41. The quantitative estimate of drug-likeness (QED) is 0.441. The van der Waals surface area contributed by atoms with Crippen LogP contribution >= 0.6 is 0 Å². The molecule has 0 spiro atoms. The third-order valence-corrected chi connectivity index (χ3v) is 1.76. The van der Waals surface area contributed by atoms with E-state index < -0.39 is 11.8 Å². The zero-order valence-electron chi connectivity index (χ0n) is 4.41. The van der Waals surface area contributed by atoms with Crippen LogP contribution in [0.3, 0.4) is 0 Å². The Bertz CT molecular complexity index is 78.1. The van der Waals surface area contributed by atoms with E-state index in [0.717, 1.165) is 0 Å². The molecule has 2 heteroatoms. The van der Waals surface area contributed by atoms with Crippen molar-refractivity contribution < 1.29 is 8.78 Å². The predicted molar refractivity (Wildman–Crippen MR) is 23.6 cm³/mol. The Morgan fingerprint density at radius 3 is 1.71 bits per heavy atom. The highest BCUT2D eigenvalue weighted by Crippen LogP contribution is 2.48. The van der Waals surface area contributed by atoms with E-state index in [2.05, 4.69) is 0 Å². The van der Waals surface area contributed by atoms with Crippen LogP contribution in [0.1, 0.15) is 13.8 Å². The lowest BCUT2D eigenvalue weighted by Gasteiger charge is -1.86. The molecular weight excluding hydrogens is 98.1 g/mol. The molecule has 3 atom stereocenters. The van der Waals surface area contributed by atoms with E-state index in [-0.39, 0.29) is 5.92 Å². The summed E-state index contributed by atoms with van der Waals surface area (Å²) in [6.07, 6.45) is -1.20. The molecule has 0 saturated heterocycles. The first-order valence-electron chi connectivity index (χ1n) is 2.40. The van der Waals surface area contributed by atoms with Gasteiger partial charge in [-0.25, -0.2) is 8.78 Å². The molecule has 0 nitrogen and oxygen atoms in total. The van der Waals surface area contributed by atoms with Gasteiger partial charge >= 0.3 is 0 Å². The Balaban J connectivity index is 2.52. The van der Waals surface area contributed by atoms with Crippen molar-refractivity contribution >= 4 is 0 Å². The summed E-state index contributed by atoms with van der Waals surface area (Å²) in [5, 5.41) is 0. The van der Waals surface area contributed by atoms with Crippen molar-refractivity contribution in [1.29, 1.82) is 0 Å². The molecule has 0 aromatic carbocycles. The molecule has 42 valence electrons. The Morgan fingerprint density at radius 2 is 1.71 bits per heavy atom. The Hall–Kier alpha value is -0.140. The minimum atomic E-state index is -1.50. The van der Waals surface area contributed by atoms with Gasteiger partial charge in [-0.2, -0.15) is 0 Å². The van der Waals surface area contributed by atoms with Gasteiger partial charge in [-0.3, -0.25) is 0 Å². The molecule has 0 aliphatic heterocycles. The number of hydrogen-bond donors (Lipinski definition) is 0. The van der Waals surface area contributed by atoms with Gasteiger partial charge in [-0.1, -0.05) is 6.92 Å². The number of rotatable bonds is 0. The normalized spacial score (nSPS) is 60.0. The molecule has 0 heterocycles. The molecule has 0 aromatic rings. The average molecular weight is 106 g/mol. The molecule has 0 aromatic heterocycles. The van der Waals surface area contributed by atoms with Crippen molar-refractivity contribution in [2.45, 2.75) is 25.7 Å². The van der Waals surface area contributed by atoms with E-state index in [1.807, 2.05) is 0 Å². The summed E-state index contributed by atoms with van der Waals surface area (Å²) in [5.74, 6) is -0.368. The second-order valence-electron chi connectivity index (χ2n) is 2.34. The maximum absolute atomic E-state index is 12.2. The summed E-state index contributed by atoms with van der Waals surface area (Å²) in [4.78, 5) is 0. The average Bonchev–Trinajstić information content (AvgIpc) is 1.91. The molecular formula is C5H8F2. The largest absolute Gasteiger partial charge is 0.244 e. The van der Waals surface area contributed by atoms with Crippen LogP contribution in [0.25, 0.3) is 0 Å². The summed E-state index contributed by atoms with van der Waals surface area (Å²) in [6, 6.07) is 0. The van der Waals surface area contributed by atoms with Crippen LogP contribution in [0.4, 0.5) is 8.78 Å². The van der Waals surface area contributed by atoms with Crippen LogP contribution in [0, 0.1) is 5.92 Å². The van der Waals surface area contributed by atoms with Crippen molar-refractivity contribution in [2.75, 3.05) is 0 Å². The van der Waals surface area contributed by atoms with Crippen LogP contribution < -0.4 is 0 Å². The molecule has 1 aliphatic carbocycles. The van der Waals surface area contributed by atoms with Crippen molar-refractivity contribution in [1.82, 2.24) is 0 Å². The third-order valence-electron chi connectivity index (χ3n) is 1.76. The lowest BCUT2D eigenvalue weighted by molar-refractivity contribution is 0.266. The van der Waals surface area contributed by atoms with Gasteiger partial charge in [0, 0.05) is 5.92 Å². The molecule has 0 bridgehead atoms. The van der Waals surface area contributed by atoms with Gasteiger partial charge in [0.2, 0.25) is 0 Å². The standard InChI is InChI=1S/C5H8F2/c1-3-4(6)5(3,2)7/h3-4H,1-2H3. The summed E-state index contributed by atoms with van der Waals surface area (Å²) >= 11 is 0. The molecule has 3 unspecified atom stereocenters. The van der Waals surface area contributed by atoms with Gasteiger partial charge in [0.25, 0.3) is 0 Å². The molecule has 1 saturated carbocycles. The van der Waals surface area contributed by atoms with Gasteiger partial charge in [-0.15, -0.1) is 0 Å². The fourth-order valence-electron chi connectivity index (χ4n) is 0.627. The minimum absolute atomic E-state index is 0.368. The predicted octanol–water partition coefficient (Wildman–Crippen LogP) is 1.70. The molecule has 1 fully saturated rings. The second-order valence-corrected chi connectivity index (χ2v) is 2.34. The number of alkyl halides is 2. The van der Waals surface area contributed by atoms with E-state index in [9.17, 15) is 8.78 Å². The first-order chi connectivity index (χ1) is 3.07. The van der Waals surface area contributed by atoms with Gasteiger partial charge in [0.05, 0.1) is 0 Å². The lowest BCUT2D eigenvalue weighted by atomic mass is 10.3. The van der Waals surface area contributed by atoms with E-state index >= 15 is 0 Å². The molecule has 7 heavy (non-hydrogen) atoms. The SMILES string of the molecule is CC1C(F)C1(C)F. The highest BCUT2D eigenvalue weighted by Gasteiger charge is 2.61. The smallest absolute Gasteiger partial charge is 0.145 e. The van der Waals surface area contributed by atoms with Gasteiger partial charge < -0.3 is 0 Å². The Morgan fingerprint density at radius 1 is 1.57 bits per heavy atom. The van der Waals surface area contributed by atoms with E-state index in [4.69, 9.17) is 0 Å². The summed E-state index contributed by atoms with van der Waals surface area (Å²) in [5.41, 5.74) is -1.50. The van der Waals surface area contributed by atoms with Crippen molar-refractivity contribution in [2.24, 2.45) is 5.92 Å². The lowest BCUT2D eigenvalue weighted by Crippen LogP contribution is -1.95. The van der Waals surface area contributed by atoms with Crippen LogP contribution in [0.5, 0.6) is 0 Å². The van der Waals surface area contributed by atoms with Crippen LogP contribution in [-0.2, 0) is 0 Å². The van der Waals surface area contributed by atoms with Crippen LogP contribution in [0.15, 0.2) is 0 Å². The third kappa shape index (κ3) is 0.455. The fraction of sp³-hybridized carbons (Fsp3) is 1.00. The summed E-state index contributed by atoms with van der Waals surface area (Å²) in [7, 11) is 0. The first kappa shape index (κ1) is 5.01. The van der Waals surface area contributed by atoms with E-state index in [0.29, 0.717) is 0 Å². The number of hydrogen-bond acceptors (Lipinski definition) is 0. The highest BCUT2D eigenvalue weighted by molar-refractivity contribution is 5.08. The Labute approximate surface area is 41.5 Å². The van der Waals surface area contributed by atoms with Crippen LogP contribution in [-0.4, -0.2) is 11.8 Å². The van der Waals surface area contributed by atoms with Gasteiger partial charge in [-0.05, 0) is 6.92 Å². The minimum Gasteiger partial charge on any atom is -0.244 e. The highest BCUT2D eigenvalue weighted by atomic mass is 19.2. The molecule has 0 amide bonds. The first-order valence-corrected chi connectivity index (χ1v) is 2.40. The van der Waals surface area contributed by atoms with Crippen LogP contribution in [0.2, 0.25) is 0 Å². The molecule has 1 rings (SSSR count). The molecule has 1 aliphatic rings.